The Morgan fingerprint density at radius 1 is 0.750 bits per heavy atom. The molecule has 0 N–H and O–H groups in total. The van der Waals surface area contributed by atoms with Crippen LogP contribution < -0.4 is 4.57 Å². The van der Waals surface area contributed by atoms with Gasteiger partial charge in [0.2, 0.25) is 0 Å². The molecule has 1 heterocycles. The number of nitrogens with zero attached hydrogens (tertiary/aromatic N) is 2. The molecular weight excluding hydrogens is 388 g/mol. The first-order chi connectivity index (χ1) is 15.3. The van der Waals surface area contributed by atoms with Crippen molar-refractivity contribution in [2.75, 3.05) is 0 Å². The highest BCUT2D eigenvalue weighted by Crippen LogP contribution is 2.40. The Bertz CT molecular complexity index is 1210. The van der Waals surface area contributed by atoms with Gasteiger partial charge < -0.3 is 0 Å². The van der Waals surface area contributed by atoms with E-state index in [1.165, 1.54) is 50.5 Å². The first-order valence-corrected chi connectivity index (χ1v) is 11.6. The molecule has 0 atom stereocenters. The molecular formula is C30H35N2+. The monoisotopic (exact) mass is 423 g/mol. The van der Waals surface area contributed by atoms with Gasteiger partial charge in [0.05, 0.1) is 19.7 Å². The first-order valence-electron chi connectivity index (χ1n) is 11.6. The Kier molecular flexibility index (Phi) is 6.06. The van der Waals surface area contributed by atoms with Crippen LogP contribution in [-0.2, 0) is 14.1 Å². The summed E-state index contributed by atoms with van der Waals surface area (Å²) in [5.74, 6) is 2.08. The van der Waals surface area contributed by atoms with E-state index in [0.29, 0.717) is 11.8 Å². The van der Waals surface area contributed by atoms with E-state index in [1.807, 2.05) is 0 Å². The standard InChI is InChI=1S/C30H35N2/c1-20(2)26-17-24(23-14-9-8-10-15-23)18-27(21(3)4)29(26)28-19-31(6)30(32(28)7)25-16-12-11-13-22(25)5/h8-21H,1-7H3/q+1. The molecule has 0 amide bonds. The van der Waals surface area contributed by atoms with Gasteiger partial charge in [0.15, 0.2) is 5.69 Å². The number of hydrogen-bond acceptors (Lipinski definition) is 0. The molecule has 32 heavy (non-hydrogen) atoms. The summed E-state index contributed by atoms with van der Waals surface area (Å²) in [6.45, 7) is 11.4. The number of aromatic nitrogens is 2. The van der Waals surface area contributed by atoms with Crippen LogP contribution in [0.3, 0.4) is 0 Å². The lowest BCUT2D eigenvalue weighted by Crippen LogP contribution is -2.28. The molecule has 1 aromatic heterocycles. The van der Waals surface area contributed by atoms with Gasteiger partial charge >= 0.3 is 0 Å². The average molecular weight is 424 g/mol. The van der Waals surface area contributed by atoms with Crippen LogP contribution in [0.15, 0.2) is 72.9 Å². The van der Waals surface area contributed by atoms with Crippen LogP contribution in [0.4, 0.5) is 0 Å². The predicted octanol–water partition coefficient (Wildman–Crippen LogP) is 7.41. The van der Waals surface area contributed by atoms with E-state index < -0.39 is 0 Å². The second-order valence-corrected chi connectivity index (χ2v) is 9.53. The smallest absolute Gasteiger partial charge is 0.232 e. The normalized spacial score (nSPS) is 11.5. The maximum absolute atomic E-state index is 2.40. The van der Waals surface area contributed by atoms with Gasteiger partial charge in [-0.3, -0.25) is 0 Å². The summed E-state index contributed by atoms with van der Waals surface area (Å²) in [5.41, 5.74) is 10.6. The van der Waals surface area contributed by atoms with Crippen LogP contribution in [0.5, 0.6) is 0 Å². The quantitative estimate of drug-likeness (QED) is 0.296. The second kappa shape index (κ2) is 8.78. The lowest BCUT2D eigenvalue weighted by Gasteiger charge is -2.20. The molecule has 0 radical (unpaired) electrons. The molecule has 0 bridgehead atoms. The van der Waals surface area contributed by atoms with Crippen molar-refractivity contribution in [3.05, 3.63) is 89.6 Å². The Balaban J connectivity index is 2.00. The van der Waals surface area contributed by atoms with Crippen molar-refractivity contribution in [3.8, 4) is 33.8 Å². The second-order valence-electron chi connectivity index (χ2n) is 9.53. The highest BCUT2D eigenvalue weighted by Gasteiger charge is 2.27. The van der Waals surface area contributed by atoms with Gasteiger partial charge in [-0.25, -0.2) is 9.13 Å². The minimum absolute atomic E-state index is 0.424. The third-order valence-electron chi connectivity index (χ3n) is 6.52. The van der Waals surface area contributed by atoms with Gasteiger partial charge in [0, 0.05) is 5.56 Å². The number of imidazole rings is 1. The lowest BCUT2D eigenvalue weighted by atomic mass is 9.84. The molecule has 3 aromatic carbocycles. The molecule has 0 fully saturated rings. The Hall–Kier alpha value is -3.13. The van der Waals surface area contributed by atoms with Gasteiger partial charge in [-0.05, 0) is 52.6 Å². The Morgan fingerprint density at radius 2 is 1.31 bits per heavy atom. The third kappa shape index (κ3) is 3.90. The van der Waals surface area contributed by atoms with Crippen molar-refractivity contribution in [2.24, 2.45) is 14.1 Å². The number of rotatable bonds is 5. The topological polar surface area (TPSA) is 8.81 Å². The SMILES string of the molecule is Cc1ccccc1-c1n(C)c(-c2c(C(C)C)cc(-c3ccccc3)cc2C(C)C)c[n+]1C. The minimum atomic E-state index is 0.424. The lowest BCUT2D eigenvalue weighted by molar-refractivity contribution is -0.659. The molecule has 4 rings (SSSR count). The zero-order valence-corrected chi connectivity index (χ0v) is 20.5. The van der Waals surface area contributed by atoms with Crippen molar-refractivity contribution in [1.29, 1.82) is 0 Å². The van der Waals surface area contributed by atoms with Gasteiger partial charge in [0.1, 0.15) is 6.20 Å². The molecule has 0 saturated carbocycles. The molecule has 0 unspecified atom stereocenters. The summed E-state index contributed by atoms with van der Waals surface area (Å²) in [5, 5.41) is 0. The van der Waals surface area contributed by atoms with Crippen molar-refractivity contribution in [1.82, 2.24) is 4.57 Å². The fourth-order valence-corrected chi connectivity index (χ4v) is 4.80. The van der Waals surface area contributed by atoms with E-state index >= 15 is 0 Å². The van der Waals surface area contributed by atoms with Gasteiger partial charge in [-0.1, -0.05) is 88.4 Å². The molecule has 164 valence electrons. The predicted molar refractivity (Wildman–Crippen MR) is 136 cm³/mol. The van der Waals surface area contributed by atoms with E-state index in [1.54, 1.807) is 0 Å². The zero-order chi connectivity index (χ0) is 23.0. The van der Waals surface area contributed by atoms with E-state index in [4.69, 9.17) is 0 Å². The molecule has 0 saturated heterocycles. The Labute approximate surface area is 193 Å². The van der Waals surface area contributed by atoms with Crippen molar-refractivity contribution in [3.63, 3.8) is 0 Å². The minimum Gasteiger partial charge on any atom is -0.232 e. The summed E-state index contributed by atoms with van der Waals surface area (Å²) in [7, 11) is 4.37. The van der Waals surface area contributed by atoms with Crippen LogP contribution in [0, 0.1) is 6.92 Å². The molecule has 0 aliphatic carbocycles. The third-order valence-corrected chi connectivity index (χ3v) is 6.52. The van der Waals surface area contributed by atoms with E-state index in [9.17, 15) is 0 Å². The zero-order valence-electron chi connectivity index (χ0n) is 20.5. The first kappa shape index (κ1) is 22.1. The number of hydrogen-bond donors (Lipinski definition) is 0. The van der Waals surface area contributed by atoms with E-state index in [0.717, 1.165) is 0 Å². The largest absolute Gasteiger partial charge is 0.289 e. The van der Waals surface area contributed by atoms with Gasteiger partial charge in [-0.15, -0.1) is 0 Å². The Morgan fingerprint density at radius 3 is 1.88 bits per heavy atom. The van der Waals surface area contributed by atoms with Crippen molar-refractivity contribution >= 4 is 0 Å². The van der Waals surface area contributed by atoms with E-state index in [2.05, 4.69) is 131 Å². The number of aryl methyl sites for hydroxylation is 2. The van der Waals surface area contributed by atoms with Crippen LogP contribution in [0.1, 0.15) is 56.2 Å². The summed E-state index contributed by atoms with van der Waals surface area (Å²) in [4.78, 5) is 0. The number of benzene rings is 3. The van der Waals surface area contributed by atoms with Crippen LogP contribution >= 0.6 is 0 Å². The molecule has 2 heteroatoms. The van der Waals surface area contributed by atoms with Gasteiger partial charge in [0.25, 0.3) is 5.82 Å². The van der Waals surface area contributed by atoms with Crippen LogP contribution in [-0.4, -0.2) is 4.57 Å². The summed E-state index contributed by atoms with van der Waals surface area (Å²) >= 11 is 0. The molecule has 4 aromatic rings. The van der Waals surface area contributed by atoms with Gasteiger partial charge in [-0.2, -0.15) is 0 Å². The van der Waals surface area contributed by atoms with E-state index in [-0.39, 0.29) is 0 Å². The van der Waals surface area contributed by atoms with Crippen molar-refractivity contribution in [2.45, 2.75) is 46.5 Å². The maximum Gasteiger partial charge on any atom is 0.289 e. The fraction of sp³-hybridized carbons (Fsp3) is 0.300. The molecule has 2 nitrogen and oxygen atoms in total. The molecule has 0 aliphatic heterocycles. The molecule has 0 spiro atoms. The summed E-state index contributed by atoms with van der Waals surface area (Å²) < 4.78 is 4.65. The molecule has 0 aliphatic rings. The highest BCUT2D eigenvalue weighted by atomic mass is 15.1. The maximum atomic E-state index is 2.40. The van der Waals surface area contributed by atoms with Crippen LogP contribution in [0.25, 0.3) is 33.8 Å². The summed E-state index contributed by atoms with van der Waals surface area (Å²) in [6, 6.07) is 24.2. The van der Waals surface area contributed by atoms with Crippen molar-refractivity contribution < 1.29 is 4.57 Å². The average Bonchev–Trinajstić information content (AvgIpc) is 3.07. The highest BCUT2D eigenvalue weighted by molar-refractivity contribution is 5.77. The van der Waals surface area contributed by atoms with Crippen LogP contribution in [0.2, 0.25) is 0 Å². The summed E-state index contributed by atoms with van der Waals surface area (Å²) in [6.07, 6.45) is 2.30. The fourth-order valence-electron chi connectivity index (χ4n) is 4.80.